The molecule has 1 aromatic heterocycles. The van der Waals surface area contributed by atoms with Crippen LogP contribution < -0.4 is 0 Å². The summed E-state index contributed by atoms with van der Waals surface area (Å²) in [6, 6.07) is 9.08. The molecule has 0 aliphatic carbocycles. The summed E-state index contributed by atoms with van der Waals surface area (Å²) in [6.07, 6.45) is 3.36. The van der Waals surface area contributed by atoms with Crippen LogP contribution in [-0.4, -0.2) is 21.0 Å². The first-order valence-electron chi connectivity index (χ1n) is 5.40. The van der Waals surface area contributed by atoms with E-state index in [0.717, 1.165) is 22.9 Å². The Morgan fingerprint density at radius 3 is 2.39 bits per heavy atom. The molecule has 1 N–H and O–H groups in total. The molecule has 2 aromatic rings. The summed E-state index contributed by atoms with van der Waals surface area (Å²) in [4.78, 5) is 19.5. The molecule has 0 fully saturated rings. The van der Waals surface area contributed by atoms with Gasteiger partial charge < -0.3 is 5.11 Å². The van der Waals surface area contributed by atoms with Crippen molar-refractivity contribution < 1.29 is 9.90 Å². The standard InChI is InChI=1S/C13H12N2O2S/c1-9-7-14-13(15-8-9)18-11(12(16)17)10-5-3-2-4-6-10/h2-8,11H,1H3,(H,16,17). The lowest BCUT2D eigenvalue weighted by molar-refractivity contribution is -0.136. The molecule has 1 atom stereocenters. The molecule has 2 rings (SSSR count). The van der Waals surface area contributed by atoms with Crippen LogP contribution in [0.15, 0.2) is 47.9 Å². The quantitative estimate of drug-likeness (QED) is 0.676. The van der Waals surface area contributed by atoms with Gasteiger partial charge in [0.25, 0.3) is 0 Å². The van der Waals surface area contributed by atoms with Crippen molar-refractivity contribution in [1.29, 1.82) is 0 Å². The topological polar surface area (TPSA) is 63.1 Å². The first-order chi connectivity index (χ1) is 8.66. The molecule has 0 spiro atoms. The van der Waals surface area contributed by atoms with Crippen molar-refractivity contribution >= 4 is 17.7 Å². The Balaban J connectivity index is 2.22. The third-order valence-electron chi connectivity index (χ3n) is 2.31. The van der Waals surface area contributed by atoms with Gasteiger partial charge in [0.15, 0.2) is 5.16 Å². The first kappa shape index (κ1) is 12.6. The van der Waals surface area contributed by atoms with Crippen LogP contribution in [0.1, 0.15) is 16.4 Å². The molecule has 1 aromatic carbocycles. The van der Waals surface area contributed by atoms with E-state index in [2.05, 4.69) is 9.97 Å². The van der Waals surface area contributed by atoms with Crippen molar-refractivity contribution in [3.05, 3.63) is 53.9 Å². The van der Waals surface area contributed by atoms with Gasteiger partial charge >= 0.3 is 5.97 Å². The molecular formula is C13H12N2O2S. The van der Waals surface area contributed by atoms with Crippen molar-refractivity contribution in [2.45, 2.75) is 17.3 Å². The molecule has 0 aliphatic rings. The Hall–Kier alpha value is -1.88. The number of hydrogen-bond acceptors (Lipinski definition) is 4. The van der Waals surface area contributed by atoms with Crippen molar-refractivity contribution in [2.75, 3.05) is 0 Å². The van der Waals surface area contributed by atoms with Crippen LogP contribution in [0.5, 0.6) is 0 Å². The van der Waals surface area contributed by atoms with Gasteiger partial charge in [-0.05, 0) is 18.1 Å². The van der Waals surface area contributed by atoms with E-state index in [-0.39, 0.29) is 0 Å². The Bertz CT molecular complexity index is 528. The summed E-state index contributed by atoms with van der Waals surface area (Å²) in [5.41, 5.74) is 1.69. The van der Waals surface area contributed by atoms with Crippen molar-refractivity contribution in [1.82, 2.24) is 9.97 Å². The lowest BCUT2D eigenvalue weighted by Gasteiger charge is -2.10. The average Bonchev–Trinajstić information content (AvgIpc) is 2.38. The number of benzene rings is 1. The fourth-order valence-electron chi connectivity index (χ4n) is 1.44. The van der Waals surface area contributed by atoms with Crippen LogP contribution in [-0.2, 0) is 4.79 Å². The van der Waals surface area contributed by atoms with E-state index in [9.17, 15) is 9.90 Å². The number of nitrogens with zero attached hydrogens (tertiary/aromatic N) is 2. The summed E-state index contributed by atoms with van der Waals surface area (Å²) in [5, 5.41) is 9.05. The van der Waals surface area contributed by atoms with Crippen LogP contribution in [0.3, 0.4) is 0 Å². The zero-order valence-electron chi connectivity index (χ0n) is 9.78. The van der Waals surface area contributed by atoms with Gasteiger partial charge in [-0.15, -0.1) is 0 Å². The van der Waals surface area contributed by atoms with E-state index in [1.165, 1.54) is 0 Å². The molecule has 0 bridgehead atoms. The normalized spacial score (nSPS) is 12.1. The van der Waals surface area contributed by atoms with E-state index in [1.54, 1.807) is 24.5 Å². The number of hydrogen-bond donors (Lipinski definition) is 1. The molecule has 1 unspecified atom stereocenters. The van der Waals surface area contributed by atoms with Gasteiger partial charge in [0.2, 0.25) is 0 Å². The highest BCUT2D eigenvalue weighted by molar-refractivity contribution is 8.00. The molecule has 92 valence electrons. The SMILES string of the molecule is Cc1cnc(SC(C(=O)O)c2ccccc2)nc1. The minimum atomic E-state index is -0.893. The molecule has 0 amide bonds. The van der Waals surface area contributed by atoms with Gasteiger partial charge in [-0.25, -0.2) is 9.97 Å². The fraction of sp³-hybridized carbons (Fsp3) is 0.154. The van der Waals surface area contributed by atoms with Gasteiger partial charge in [-0.3, -0.25) is 4.79 Å². The van der Waals surface area contributed by atoms with Crippen LogP contribution in [0.4, 0.5) is 0 Å². The lowest BCUT2D eigenvalue weighted by atomic mass is 10.1. The number of aliphatic carboxylic acids is 1. The highest BCUT2D eigenvalue weighted by atomic mass is 32.2. The van der Waals surface area contributed by atoms with Crippen LogP contribution in [0, 0.1) is 6.92 Å². The van der Waals surface area contributed by atoms with Gasteiger partial charge in [0.1, 0.15) is 5.25 Å². The van der Waals surface area contributed by atoms with Crippen molar-refractivity contribution in [3.8, 4) is 0 Å². The average molecular weight is 260 g/mol. The van der Waals surface area contributed by atoms with E-state index in [0.29, 0.717) is 5.16 Å². The molecule has 4 nitrogen and oxygen atoms in total. The smallest absolute Gasteiger partial charge is 0.321 e. The molecule has 0 saturated heterocycles. The number of aryl methyl sites for hydroxylation is 1. The Kier molecular flexibility index (Phi) is 3.94. The number of carbonyl (C=O) groups is 1. The molecule has 0 saturated carbocycles. The van der Waals surface area contributed by atoms with Gasteiger partial charge in [0, 0.05) is 12.4 Å². The van der Waals surface area contributed by atoms with Gasteiger partial charge in [0.05, 0.1) is 0 Å². The largest absolute Gasteiger partial charge is 0.480 e. The van der Waals surface area contributed by atoms with E-state index in [1.807, 2.05) is 25.1 Å². The molecular weight excluding hydrogens is 248 g/mol. The molecule has 0 aliphatic heterocycles. The number of aromatic nitrogens is 2. The van der Waals surface area contributed by atoms with Gasteiger partial charge in [-0.2, -0.15) is 0 Å². The summed E-state index contributed by atoms with van der Waals surface area (Å²) in [7, 11) is 0. The van der Waals surface area contributed by atoms with E-state index in [4.69, 9.17) is 0 Å². The number of carboxylic acids is 1. The molecule has 18 heavy (non-hydrogen) atoms. The maximum atomic E-state index is 11.3. The first-order valence-corrected chi connectivity index (χ1v) is 6.28. The highest BCUT2D eigenvalue weighted by Crippen LogP contribution is 2.33. The highest BCUT2D eigenvalue weighted by Gasteiger charge is 2.22. The molecule has 1 heterocycles. The van der Waals surface area contributed by atoms with E-state index < -0.39 is 11.2 Å². The minimum Gasteiger partial charge on any atom is -0.480 e. The predicted octanol–water partition coefficient (Wildman–Crippen LogP) is 2.70. The Morgan fingerprint density at radius 2 is 1.83 bits per heavy atom. The number of carboxylic acid groups (broad SMARTS) is 1. The van der Waals surface area contributed by atoms with Crippen LogP contribution in [0.25, 0.3) is 0 Å². The van der Waals surface area contributed by atoms with Crippen molar-refractivity contribution in [2.24, 2.45) is 0 Å². The summed E-state index contributed by atoms with van der Waals surface area (Å²) < 4.78 is 0. The van der Waals surface area contributed by atoms with Crippen LogP contribution in [0.2, 0.25) is 0 Å². The van der Waals surface area contributed by atoms with Crippen molar-refractivity contribution in [3.63, 3.8) is 0 Å². The molecule has 0 radical (unpaired) electrons. The number of thioether (sulfide) groups is 1. The maximum Gasteiger partial charge on any atom is 0.321 e. The zero-order valence-corrected chi connectivity index (χ0v) is 10.6. The zero-order chi connectivity index (χ0) is 13.0. The second-order valence-electron chi connectivity index (χ2n) is 3.79. The number of rotatable bonds is 4. The van der Waals surface area contributed by atoms with Gasteiger partial charge in [-0.1, -0.05) is 42.1 Å². The maximum absolute atomic E-state index is 11.3. The third-order valence-corrected chi connectivity index (χ3v) is 3.44. The monoisotopic (exact) mass is 260 g/mol. The summed E-state index contributed by atoms with van der Waals surface area (Å²) >= 11 is 1.14. The summed E-state index contributed by atoms with van der Waals surface area (Å²) in [5.74, 6) is -0.893. The minimum absolute atomic E-state index is 0.469. The summed E-state index contributed by atoms with van der Waals surface area (Å²) in [6.45, 7) is 1.89. The lowest BCUT2D eigenvalue weighted by Crippen LogP contribution is -2.08. The van der Waals surface area contributed by atoms with Crippen LogP contribution >= 0.6 is 11.8 Å². The Labute approximate surface area is 109 Å². The third kappa shape index (κ3) is 3.07. The second-order valence-corrected chi connectivity index (χ2v) is 4.86. The predicted molar refractivity (Wildman–Crippen MR) is 69.4 cm³/mol. The fourth-order valence-corrected chi connectivity index (χ4v) is 2.27. The Morgan fingerprint density at radius 1 is 1.22 bits per heavy atom. The second kappa shape index (κ2) is 5.64. The van der Waals surface area contributed by atoms with E-state index >= 15 is 0 Å². The molecule has 5 heteroatoms.